The Bertz CT molecular complexity index is 895. The monoisotopic (exact) mass is 357 g/mol. The maximum Gasteiger partial charge on any atom is 0.239 e. The smallest absolute Gasteiger partial charge is 0.239 e. The molecule has 0 aliphatic carbocycles. The van der Waals surface area contributed by atoms with Gasteiger partial charge in [0, 0.05) is 0 Å². The lowest BCUT2D eigenvalue weighted by atomic mass is 9.89. The number of benzene rings is 3. The van der Waals surface area contributed by atoms with Gasteiger partial charge in [0.2, 0.25) is 5.91 Å². The molecule has 0 unspecified atom stereocenters. The van der Waals surface area contributed by atoms with Crippen LogP contribution in [0, 0.1) is 0 Å². The minimum atomic E-state index is -0.443. The normalized spacial score (nSPS) is 15.1. The summed E-state index contributed by atoms with van der Waals surface area (Å²) >= 11 is 0. The van der Waals surface area contributed by atoms with E-state index in [0.29, 0.717) is 6.54 Å². The van der Waals surface area contributed by atoms with Gasteiger partial charge in [-0.3, -0.25) is 4.79 Å². The van der Waals surface area contributed by atoms with Gasteiger partial charge in [-0.2, -0.15) is 0 Å². The number of para-hydroxylation sites is 2. The van der Waals surface area contributed by atoms with Crippen molar-refractivity contribution in [3.8, 4) is 5.75 Å². The molecule has 0 saturated heterocycles. The zero-order valence-electron chi connectivity index (χ0n) is 15.6. The second-order valence-corrected chi connectivity index (χ2v) is 7.51. The summed E-state index contributed by atoms with van der Waals surface area (Å²) in [5.74, 6) is 0.465. The van der Waals surface area contributed by atoms with Crippen LogP contribution in [0.25, 0.3) is 0 Å². The molecule has 0 fully saturated rings. The molecule has 0 spiro atoms. The van der Waals surface area contributed by atoms with Gasteiger partial charge in [0.1, 0.15) is 11.4 Å². The highest BCUT2D eigenvalue weighted by Gasteiger charge is 2.38. The highest BCUT2D eigenvalue weighted by Crippen LogP contribution is 2.39. The summed E-state index contributed by atoms with van der Waals surface area (Å²) < 4.78 is 6.10. The van der Waals surface area contributed by atoms with Crippen LogP contribution in [-0.4, -0.2) is 18.1 Å². The second-order valence-electron chi connectivity index (χ2n) is 7.51. The molecule has 0 aromatic heterocycles. The summed E-state index contributed by atoms with van der Waals surface area (Å²) in [6, 6.07) is 27.7. The highest BCUT2D eigenvalue weighted by molar-refractivity contribution is 6.01. The minimum Gasteiger partial charge on any atom is -0.484 e. The van der Waals surface area contributed by atoms with Crippen LogP contribution < -0.4 is 9.64 Å². The number of fused-ring (bicyclic) bond motifs is 1. The summed E-state index contributed by atoms with van der Waals surface area (Å²) in [5.41, 5.74) is 2.38. The molecular weight excluding hydrogens is 334 g/mol. The number of rotatable bonds is 3. The molecular formula is C24H23NO2. The van der Waals surface area contributed by atoms with Crippen molar-refractivity contribution in [2.45, 2.75) is 25.4 Å². The molecule has 1 heterocycles. The Morgan fingerprint density at radius 2 is 1.37 bits per heavy atom. The van der Waals surface area contributed by atoms with E-state index in [9.17, 15) is 4.79 Å². The first-order valence-electron chi connectivity index (χ1n) is 9.24. The van der Waals surface area contributed by atoms with Crippen LogP contribution in [0.1, 0.15) is 30.9 Å². The molecule has 3 aromatic carbocycles. The predicted molar refractivity (Wildman–Crippen MR) is 108 cm³/mol. The summed E-state index contributed by atoms with van der Waals surface area (Å²) in [7, 11) is 0. The van der Waals surface area contributed by atoms with Crippen LogP contribution in [0.15, 0.2) is 84.9 Å². The molecule has 27 heavy (non-hydrogen) atoms. The van der Waals surface area contributed by atoms with Crippen molar-refractivity contribution >= 4 is 11.6 Å². The molecule has 0 atom stereocenters. The summed E-state index contributed by atoms with van der Waals surface area (Å²) in [6.07, 6.45) is 0. The highest BCUT2D eigenvalue weighted by atomic mass is 16.5. The van der Waals surface area contributed by atoms with Crippen LogP contribution in [0.2, 0.25) is 0 Å². The van der Waals surface area contributed by atoms with Gasteiger partial charge in [0.25, 0.3) is 0 Å². The van der Waals surface area contributed by atoms with E-state index in [2.05, 4.69) is 0 Å². The zero-order valence-corrected chi connectivity index (χ0v) is 15.6. The lowest BCUT2D eigenvalue weighted by molar-refractivity contribution is -0.120. The van der Waals surface area contributed by atoms with Gasteiger partial charge in [-0.15, -0.1) is 0 Å². The first-order chi connectivity index (χ1) is 13.1. The SMILES string of the molecule is CC1(C)CN(C(=O)C(c2ccccc2)c2ccccc2)c2ccccc2O1. The van der Waals surface area contributed by atoms with E-state index in [-0.39, 0.29) is 11.8 Å². The van der Waals surface area contributed by atoms with Gasteiger partial charge < -0.3 is 9.64 Å². The number of anilines is 1. The largest absolute Gasteiger partial charge is 0.484 e. The van der Waals surface area contributed by atoms with Crippen molar-refractivity contribution in [1.82, 2.24) is 0 Å². The van der Waals surface area contributed by atoms with Crippen molar-refractivity contribution in [1.29, 1.82) is 0 Å². The van der Waals surface area contributed by atoms with Gasteiger partial charge in [-0.25, -0.2) is 0 Å². The summed E-state index contributed by atoms with van der Waals surface area (Å²) in [5, 5.41) is 0. The second kappa shape index (κ2) is 6.92. The van der Waals surface area contributed by atoms with Gasteiger partial charge >= 0.3 is 0 Å². The Morgan fingerprint density at radius 3 is 1.96 bits per heavy atom. The number of hydrogen-bond acceptors (Lipinski definition) is 2. The van der Waals surface area contributed by atoms with Crippen LogP contribution in [-0.2, 0) is 4.79 Å². The fourth-order valence-corrected chi connectivity index (χ4v) is 3.68. The van der Waals surface area contributed by atoms with Crippen molar-refractivity contribution in [3.05, 3.63) is 96.1 Å². The van der Waals surface area contributed by atoms with E-state index in [0.717, 1.165) is 22.6 Å². The standard InChI is InChI=1S/C24H23NO2/c1-24(2)17-25(20-15-9-10-16-21(20)27-24)23(26)22(18-11-5-3-6-12-18)19-13-7-4-8-14-19/h3-16,22H,17H2,1-2H3. The first kappa shape index (κ1) is 17.3. The molecule has 3 nitrogen and oxygen atoms in total. The third-order valence-electron chi connectivity index (χ3n) is 4.86. The van der Waals surface area contributed by atoms with Gasteiger partial charge in [-0.1, -0.05) is 72.8 Å². The maximum atomic E-state index is 13.8. The topological polar surface area (TPSA) is 29.5 Å². The molecule has 0 N–H and O–H groups in total. The number of hydrogen-bond donors (Lipinski definition) is 0. The predicted octanol–water partition coefficient (Wildman–Crippen LogP) is 5.02. The Labute approximate surface area is 160 Å². The van der Waals surface area contributed by atoms with Crippen LogP contribution in [0.5, 0.6) is 5.75 Å². The number of nitrogens with zero attached hydrogens (tertiary/aromatic N) is 1. The number of carbonyl (C=O) groups excluding carboxylic acids is 1. The summed E-state index contributed by atoms with van der Waals surface area (Å²) in [4.78, 5) is 15.7. The van der Waals surface area contributed by atoms with E-state index in [1.54, 1.807) is 0 Å². The lowest BCUT2D eigenvalue weighted by Gasteiger charge is -2.41. The van der Waals surface area contributed by atoms with E-state index in [1.165, 1.54) is 0 Å². The van der Waals surface area contributed by atoms with E-state index >= 15 is 0 Å². The van der Waals surface area contributed by atoms with Gasteiger partial charge in [-0.05, 0) is 37.1 Å². The molecule has 0 bridgehead atoms. The van der Waals surface area contributed by atoms with Gasteiger partial charge in [0.05, 0.1) is 18.2 Å². The Morgan fingerprint density at radius 1 is 0.852 bits per heavy atom. The molecule has 136 valence electrons. The van der Waals surface area contributed by atoms with Crippen molar-refractivity contribution in [3.63, 3.8) is 0 Å². The maximum absolute atomic E-state index is 13.8. The molecule has 1 aliphatic rings. The zero-order chi connectivity index (χ0) is 18.9. The van der Waals surface area contributed by atoms with Crippen molar-refractivity contribution in [2.75, 3.05) is 11.4 Å². The fraction of sp³-hybridized carbons (Fsp3) is 0.208. The average molecular weight is 357 g/mol. The molecule has 0 radical (unpaired) electrons. The molecule has 1 amide bonds. The number of carbonyl (C=O) groups is 1. The molecule has 3 heteroatoms. The Kier molecular flexibility index (Phi) is 4.44. The Hall–Kier alpha value is -3.07. The van der Waals surface area contributed by atoms with E-state index in [4.69, 9.17) is 4.74 Å². The van der Waals surface area contributed by atoms with Crippen molar-refractivity contribution < 1.29 is 9.53 Å². The third-order valence-corrected chi connectivity index (χ3v) is 4.86. The molecule has 4 rings (SSSR count). The molecule has 3 aromatic rings. The minimum absolute atomic E-state index is 0.0659. The molecule has 0 saturated carbocycles. The van der Waals surface area contributed by atoms with Crippen LogP contribution in [0.3, 0.4) is 0 Å². The average Bonchev–Trinajstić information content (AvgIpc) is 2.68. The number of ether oxygens (including phenoxy) is 1. The molecule has 1 aliphatic heterocycles. The van der Waals surface area contributed by atoms with Crippen LogP contribution in [0.4, 0.5) is 5.69 Å². The van der Waals surface area contributed by atoms with Crippen molar-refractivity contribution in [2.24, 2.45) is 0 Å². The van der Waals surface area contributed by atoms with E-state index in [1.807, 2.05) is 104 Å². The summed E-state index contributed by atoms with van der Waals surface area (Å²) in [6.45, 7) is 4.55. The first-order valence-corrected chi connectivity index (χ1v) is 9.24. The van der Waals surface area contributed by atoms with Crippen LogP contribution >= 0.6 is 0 Å². The Balaban J connectivity index is 1.81. The number of amides is 1. The van der Waals surface area contributed by atoms with E-state index < -0.39 is 5.60 Å². The quantitative estimate of drug-likeness (QED) is 0.658. The third kappa shape index (κ3) is 3.45. The van der Waals surface area contributed by atoms with Gasteiger partial charge in [0.15, 0.2) is 0 Å². The fourth-order valence-electron chi connectivity index (χ4n) is 3.68. The lowest BCUT2D eigenvalue weighted by Crippen LogP contribution is -2.50.